The lowest BCUT2D eigenvalue weighted by molar-refractivity contribution is 0.395. The van der Waals surface area contributed by atoms with Crippen LogP contribution in [-0.4, -0.2) is 34.0 Å². The minimum Gasteiger partial charge on any atom is -0.495 e. The summed E-state index contributed by atoms with van der Waals surface area (Å²) in [6.45, 7) is 0. The number of hydrogen-bond acceptors (Lipinski definition) is 6. The molecular weight excluding hydrogens is 306 g/mol. The molecule has 0 amide bonds. The first kappa shape index (κ1) is 14.4. The van der Waals surface area contributed by atoms with Crippen molar-refractivity contribution in [3.05, 3.63) is 23.4 Å². The lowest BCUT2D eigenvalue weighted by atomic mass is 10.1. The summed E-state index contributed by atoms with van der Waals surface area (Å²) in [6, 6.07) is 3.60. The van der Waals surface area contributed by atoms with E-state index in [1.165, 1.54) is 0 Å². The summed E-state index contributed by atoms with van der Waals surface area (Å²) >= 11 is 6.31. The van der Waals surface area contributed by atoms with Crippen LogP contribution in [0.4, 0.5) is 5.95 Å². The number of aryl methyl sites for hydroxylation is 1. The average molecular weight is 320 g/mol. The summed E-state index contributed by atoms with van der Waals surface area (Å²) in [6.07, 6.45) is 1.64. The number of halogens is 1. The summed E-state index contributed by atoms with van der Waals surface area (Å²) in [5, 5.41) is 5.63. The summed E-state index contributed by atoms with van der Waals surface area (Å²) in [7, 11) is 4.88. The number of nitrogens with zero attached hydrogens (tertiary/aromatic N) is 4. The Kier molecular flexibility index (Phi) is 3.50. The van der Waals surface area contributed by atoms with Gasteiger partial charge >= 0.3 is 0 Å². The van der Waals surface area contributed by atoms with E-state index in [1.807, 2.05) is 6.07 Å². The molecule has 2 heterocycles. The molecule has 0 aliphatic heterocycles. The molecule has 0 fully saturated rings. The second-order valence-electron chi connectivity index (χ2n) is 4.60. The molecule has 3 rings (SSSR count). The second-order valence-corrected chi connectivity index (χ2v) is 4.98. The Morgan fingerprint density at radius 1 is 1.23 bits per heavy atom. The van der Waals surface area contributed by atoms with Gasteiger partial charge in [0.05, 0.1) is 19.6 Å². The Morgan fingerprint density at radius 3 is 2.68 bits per heavy atom. The van der Waals surface area contributed by atoms with E-state index in [0.29, 0.717) is 27.9 Å². The van der Waals surface area contributed by atoms with Crippen molar-refractivity contribution in [1.29, 1.82) is 0 Å². The molecule has 0 aliphatic rings. The van der Waals surface area contributed by atoms with Crippen molar-refractivity contribution in [2.24, 2.45) is 7.05 Å². The number of rotatable bonds is 3. The Morgan fingerprint density at radius 2 is 2.00 bits per heavy atom. The molecule has 0 aliphatic carbocycles. The van der Waals surface area contributed by atoms with E-state index in [0.717, 1.165) is 10.9 Å². The van der Waals surface area contributed by atoms with Gasteiger partial charge in [0, 0.05) is 18.8 Å². The number of anilines is 1. The van der Waals surface area contributed by atoms with Crippen molar-refractivity contribution in [1.82, 2.24) is 19.7 Å². The summed E-state index contributed by atoms with van der Waals surface area (Å²) in [5.74, 6) is 1.21. The van der Waals surface area contributed by atoms with Crippen molar-refractivity contribution in [3.8, 4) is 22.8 Å². The Bertz CT molecular complexity index is 862. The molecule has 0 unspecified atom stereocenters. The molecule has 2 N–H and O–H groups in total. The summed E-state index contributed by atoms with van der Waals surface area (Å²) in [4.78, 5) is 8.23. The first-order chi connectivity index (χ1) is 10.6. The van der Waals surface area contributed by atoms with Crippen molar-refractivity contribution < 1.29 is 9.47 Å². The van der Waals surface area contributed by atoms with E-state index in [-0.39, 0.29) is 5.95 Å². The minimum atomic E-state index is 0.196. The lowest BCUT2D eigenvalue weighted by Crippen LogP contribution is -1.97. The standard InChI is InChI=1S/C14H14ClN5O2/c1-20-13-8(6-17-14(16)18-13)11(19-20)7-4-5-9(21-2)10(15)12(7)22-3/h4-6H,1-3H3,(H2,16,17,18). The highest BCUT2D eigenvalue weighted by Crippen LogP contribution is 2.42. The normalized spacial score (nSPS) is 10.9. The lowest BCUT2D eigenvalue weighted by Gasteiger charge is -2.11. The first-order valence-electron chi connectivity index (χ1n) is 6.43. The number of fused-ring (bicyclic) bond motifs is 1. The van der Waals surface area contributed by atoms with Crippen molar-refractivity contribution in [2.45, 2.75) is 0 Å². The van der Waals surface area contributed by atoms with Gasteiger partial charge in [-0.15, -0.1) is 0 Å². The van der Waals surface area contributed by atoms with E-state index >= 15 is 0 Å². The number of nitrogens with two attached hydrogens (primary N) is 1. The van der Waals surface area contributed by atoms with Gasteiger partial charge in [0.25, 0.3) is 0 Å². The molecule has 0 bridgehead atoms. The molecule has 22 heavy (non-hydrogen) atoms. The van der Waals surface area contributed by atoms with Gasteiger partial charge < -0.3 is 15.2 Å². The number of benzene rings is 1. The van der Waals surface area contributed by atoms with Crippen LogP contribution in [0.15, 0.2) is 18.3 Å². The van der Waals surface area contributed by atoms with Crippen LogP contribution >= 0.6 is 11.6 Å². The van der Waals surface area contributed by atoms with Crippen LogP contribution in [0.1, 0.15) is 0 Å². The quantitative estimate of drug-likeness (QED) is 0.796. The third-order valence-corrected chi connectivity index (χ3v) is 3.70. The van der Waals surface area contributed by atoms with Gasteiger partial charge in [0.2, 0.25) is 5.95 Å². The van der Waals surface area contributed by atoms with Crippen LogP contribution in [0.3, 0.4) is 0 Å². The molecule has 1 aromatic carbocycles. The Labute approximate surface area is 131 Å². The predicted octanol–water partition coefficient (Wildman–Crippen LogP) is 2.28. The Hall–Kier alpha value is -2.54. The molecule has 3 aromatic rings. The molecule has 114 valence electrons. The number of aromatic nitrogens is 4. The molecule has 7 nitrogen and oxygen atoms in total. The van der Waals surface area contributed by atoms with Crippen LogP contribution in [-0.2, 0) is 7.05 Å². The maximum absolute atomic E-state index is 6.31. The highest BCUT2D eigenvalue weighted by molar-refractivity contribution is 6.34. The fourth-order valence-corrected chi connectivity index (χ4v) is 2.65. The van der Waals surface area contributed by atoms with Crippen LogP contribution in [0.2, 0.25) is 5.02 Å². The van der Waals surface area contributed by atoms with E-state index < -0.39 is 0 Å². The van der Waals surface area contributed by atoms with Gasteiger partial charge in [-0.2, -0.15) is 10.1 Å². The SMILES string of the molecule is COc1ccc(-c2nn(C)c3nc(N)ncc23)c(OC)c1Cl. The molecule has 0 radical (unpaired) electrons. The van der Waals surface area contributed by atoms with E-state index in [2.05, 4.69) is 15.1 Å². The predicted molar refractivity (Wildman–Crippen MR) is 84.3 cm³/mol. The highest BCUT2D eigenvalue weighted by Gasteiger charge is 2.20. The molecular formula is C14H14ClN5O2. The van der Waals surface area contributed by atoms with Gasteiger partial charge in [-0.3, -0.25) is 0 Å². The topological polar surface area (TPSA) is 88.1 Å². The van der Waals surface area contributed by atoms with Crippen molar-refractivity contribution >= 4 is 28.6 Å². The van der Waals surface area contributed by atoms with E-state index in [1.54, 1.807) is 38.2 Å². The van der Waals surface area contributed by atoms with Crippen LogP contribution in [0.25, 0.3) is 22.3 Å². The van der Waals surface area contributed by atoms with Gasteiger partial charge in [0.15, 0.2) is 11.4 Å². The fraction of sp³-hybridized carbons (Fsp3) is 0.214. The van der Waals surface area contributed by atoms with E-state index in [9.17, 15) is 0 Å². The zero-order chi connectivity index (χ0) is 15.9. The monoisotopic (exact) mass is 319 g/mol. The summed E-state index contributed by atoms with van der Waals surface area (Å²) < 4.78 is 12.3. The zero-order valence-corrected chi connectivity index (χ0v) is 13.0. The maximum atomic E-state index is 6.31. The molecule has 8 heteroatoms. The third-order valence-electron chi connectivity index (χ3n) is 3.34. The van der Waals surface area contributed by atoms with Gasteiger partial charge in [-0.1, -0.05) is 11.6 Å². The molecule has 0 saturated heterocycles. The fourth-order valence-electron chi connectivity index (χ4n) is 2.33. The largest absolute Gasteiger partial charge is 0.495 e. The van der Waals surface area contributed by atoms with E-state index in [4.69, 9.17) is 26.8 Å². The summed E-state index contributed by atoms with van der Waals surface area (Å²) in [5.41, 5.74) is 7.66. The zero-order valence-electron chi connectivity index (χ0n) is 12.3. The average Bonchev–Trinajstić information content (AvgIpc) is 2.83. The van der Waals surface area contributed by atoms with Crippen LogP contribution in [0.5, 0.6) is 11.5 Å². The van der Waals surface area contributed by atoms with Crippen LogP contribution < -0.4 is 15.2 Å². The number of ether oxygens (including phenoxy) is 2. The second kappa shape index (κ2) is 5.34. The van der Waals surface area contributed by atoms with Gasteiger partial charge in [-0.25, -0.2) is 9.67 Å². The molecule has 0 saturated carbocycles. The van der Waals surface area contributed by atoms with Gasteiger partial charge in [0.1, 0.15) is 16.5 Å². The van der Waals surface area contributed by atoms with Crippen molar-refractivity contribution in [2.75, 3.05) is 20.0 Å². The smallest absolute Gasteiger partial charge is 0.222 e. The number of methoxy groups -OCH3 is 2. The van der Waals surface area contributed by atoms with Crippen LogP contribution in [0, 0.1) is 0 Å². The molecule has 0 atom stereocenters. The molecule has 2 aromatic heterocycles. The van der Waals surface area contributed by atoms with Crippen molar-refractivity contribution in [3.63, 3.8) is 0 Å². The third kappa shape index (κ3) is 2.10. The Balaban J connectivity index is 2.30. The molecule has 0 spiro atoms. The first-order valence-corrected chi connectivity index (χ1v) is 6.80. The maximum Gasteiger partial charge on any atom is 0.222 e. The highest BCUT2D eigenvalue weighted by atomic mass is 35.5. The number of nitrogen functional groups attached to an aromatic ring is 1. The number of hydrogen-bond donors (Lipinski definition) is 1. The minimum absolute atomic E-state index is 0.196. The van der Waals surface area contributed by atoms with Gasteiger partial charge in [-0.05, 0) is 12.1 Å².